The number of benzene rings is 2. The molecule has 0 saturated carbocycles. The third kappa shape index (κ3) is 4.61. The second-order valence-corrected chi connectivity index (χ2v) is 6.50. The molecular formula is C16H16ClIN2O. The van der Waals surface area contributed by atoms with Crippen LogP contribution in [0.5, 0.6) is 0 Å². The van der Waals surface area contributed by atoms with Gasteiger partial charge in [-0.05, 0) is 78.4 Å². The number of hydrogen-bond acceptors (Lipinski definition) is 2. The second kappa shape index (κ2) is 7.13. The van der Waals surface area contributed by atoms with E-state index in [1.807, 2.05) is 44.2 Å². The third-order valence-electron chi connectivity index (χ3n) is 3.08. The number of amides is 1. The van der Waals surface area contributed by atoms with E-state index in [-0.39, 0.29) is 11.9 Å². The fourth-order valence-electron chi connectivity index (χ4n) is 1.83. The van der Waals surface area contributed by atoms with Crippen LogP contribution in [0.2, 0.25) is 5.02 Å². The van der Waals surface area contributed by atoms with Crippen LogP contribution in [0.4, 0.5) is 11.4 Å². The van der Waals surface area contributed by atoms with Gasteiger partial charge in [-0.2, -0.15) is 0 Å². The van der Waals surface area contributed by atoms with E-state index in [1.165, 1.54) is 0 Å². The zero-order valence-corrected chi connectivity index (χ0v) is 14.7. The molecule has 2 rings (SSSR count). The van der Waals surface area contributed by atoms with Gasteiger partial charge in [0.1, 0.15) is 6.04 Å². The minimum Gasteiger partial charge on any atom is -0.374 e. The summed E-state index contributed by atoms with van der Waals surface area (Å²) < 4.78 is 1.16. The number of nitrogens with one attached hydrogen (secondary N) is 2. The van der Waals surface area contributed by atoms with Gasteiger partial charge in [0.05, 0.1) is 0 Å². The van der Waals surface area contributed by atoms with Gasteiger partial charge in [-0.3, -0.25) is 4.79 Å². The standard InChI is InChI=1S/C16H16ClIN2O/c1-10-3-4-12(17)9-15(10)20-16(21)11(2)19-14-7-5-13(18)6-8-14/h3-9,11,19H,1-2H3,(H,20,21). The van der Waals surface area contributed by atoms with Crippen LogP contribution >= 0.6 is 34.2 Å². The van der Waals surface area contributed by atoms with Crippen molar-refractivity contribution in [3.63, 3.8) is 0 Å². The Morgan fingerprint density at radius 2 is 1.86 bits per heavy atom. The van der Waals surface area contributed by atoms with Crippen LogP contribution in [-0.2, 0) is 4.79 Å². The van der Waals surface area contributed by atoms with Gasteiger partial charge >= 0.3 is 0 Å². The summed E-state index contributed by atoms with van der Waals surface area (Å²) in [6.45, 7) is 3.76. The first-order chi connectivity index (χ1) is 9.95. The van der Waals surface area contributed by atoms with Crippen LogP contribution in [0.3, 0.4) is 0 Å². The summed E-state index contributed by atoms with van der Waals surface area (Å²) in [4.78, 5) is 12.2. The lowest BCUT2D eigenvalue weighted by Crippen LogP contribution is -2.32. The number of aryl methyl sites for hydroxylation is 1. The molecule has 0 spiro atoms. The highest BCUT2D eigenvalue weighted by Gasteiger charge is 2.13. The van der Waals surface area contributed by atoms with Gasteiger partial charge in [-0.1, -0.05) is 17.7 Å². The Hall–Kier alpha value is -1.27. The molecule has 0 aliphatic rings. The molecule has 110 valence electrons. The molecule has 1 atom stereocenters. The average molecular weight is 415 g/mol. The molecule has 1 unspecified atom stereocenters. The third-order valence-corrected chi connectivity index (χ3v) is 4.03. The molecule has 0 heterocycles. The van der Waals surface area contributed by atoms with E-state index in [4.69, 9.17) is 11.6 Å². The molecule has 0 radical (unpaired) electrons. The van der Waals surface area contributed by atoms with Gasteiger partial charge in [0.2, 0.25) is 5.91 Å². The molecule has 0 aromatic heterocycles. The number of halogens is 2. The van der Waals surface area contributed by atoms with Crippen molar-refractivity contribution < 1.29 is 4.79 Å². The maximum absolute atomic E-state index is 12.2. The van der Waals surface area contributed by atoms with Gasteiger partial charge in [0.25, 0.3) is 0 Å². The number of hydrogen-bond donors (Lipinski definition) is 2. The minimum absolute atomic E-state index is 0.0982. The smallest absolute Gasteiger partial charge is 0.246 e. The summed E-state index contributed by atoms with van der Waals surface area (Å²) in [5.41, 5.74) is 2.64. The van der Waals surface area contributed by atoms with Gasteiger partial charge in [0, 0.05) is 20.0 Å². The molecule has 1 amide bonds. The number of anilines is 2. The zero-order valence-electron chi connectivity index (χ0n) is 11.8. The molecule has 21 heavy (non-hydrogen) atoms. The van der Waals surface area contributed by atoms with Crippen molar-refractivity contribution in [2.45, 2.75) is 19.9 Å². The Bertz CT molecular complexity index is 643. The molecular weight excluding hydrogens is 399 g/mol. The van der Waals surface area contributed by atoms with E-state index >= 15 is 0 Å². The first kappa shape index (κ1) is 16.1. The van der Waals surface area contributed by atoms with Crippen molar-refractivity contribution in [3.05, 3.63) is 56.6 Å². The van der Waals surface area contributed by atoms with Crippen molar-refractivity contribution in [3.8, 4) is 0 Å². The molecule has 2 N–H and O–H groups in total. The zero-order chi connectivity index (χ0) is 15.4. The van der Waals surface area contributed by atoms with E-state index in [0.29, 0.717) is 5.02 Å². The number of rotatable bonds is 4. The van der Waals surface area contributed by atoms with Gasteiger partial charge in [-0.15, -0.1) is 0 Å². The van der Waals surface area contributed by atoms with Crippen LogP contribution in [0.15, 0.2) is 42.5 Å². The Morgan fingerprint density at radius 3 is 2.52 bits per heavy atom. The molecule has 3 nitrogen and oxygen atoms in total. The molecule has 5 heteroatoms. The lowest BCUT2D eigenvalue weighted by Gasteiger charge is -2.16. The molecule has 2 aromatic rings. The van der Waals surface area contributed by atoms with E-state index in [9.17, 15) is 4.79 Å². The topological polar surface area (TPSA) is 41.1 Å². The predicted octanol–water partition coefficient (Wildman–Crippen LogP) is 4.69. The van der Waals surface area contributed by atoms with Crippen molar-refractivity contribution in [2.75, 3.05) is 10.6 Å². The van der Waals surface area contributed by atoms with Crippen molar-refractivity contribution in [1.82, 2.24) is 0 Å². The van der Waals surface area contributed by atoms with Gasteiger partial charge in [-0.25, -0.2) is 0 Å². The lowest BCUT2D eigenvalue weighted by atomic mass is 10.2. The van der Waals surface area contributed by atoms with Crippen molar-refractivity contribution in [1.29, 1.82) is 0 Å². The monoisotopic (exact) mass is 414 g/mol. The van der Waals surface area contributed by atoms with E-state index < -0.39 is 0 Å². The predicted molar refractivity (Wildman–Crippen MR) is 97.1 cm³/mol. The van der Waals surface area contributed by atoms with Crippen LogP contribution in [0.25, 0.3) is 0 Å². The van der Waals surface area contributed by atoms with E-state index in [0.717, 1.165) is 20.5 Å². The summed E-state index contributed by atoms with van der Waals surface area (Å²) in [6.07, 6.45) is 0. The van der Waals surface area contributed by atoms with Crippen molar-refractivity contribution >= 4 is 51.5 Å². The van der Waals surface area contributed by atoms with Crippen LogP contribution in [-0.4, -0.2) is 11.9 Å². The van der Waals surface area contributed by atoms with Crippen LogP contribution < -0.4 is 10.6 Å². The summed E-state index contributed by atoms with van der Waals surface area (Å²) in [6, 6.07) is 13.0. The average Bonchev–Trinajstić information content (AvgIpc) is 2.45. The first-order valence-corrected chi connectivity index (χ1v) is 8.00. The summed E-state index contributed by atoms with van der Waals surface area (Å²) in [7, 11) is 0. The molecule has 2 aromatic carbocycles. The van der Waals surface area contributed by atoms with Crippen molar-refractivity contribution in [2.24, 2.45) is 0 Å². The minimum atomic E-state index is -0.344. The number of carbonyl (C=O) groups excluding carboxylic acids is 1. The Balaban J connectivity index is 2.02. The fourth-order valence-corrected chi connectivity index (χ4v) is 2.36. The summed E-state index contributed by atoms with van der Waals surface area (Å²) in [5, 5.41) is 6.68. The molecule has 0 saturated heterocycles. The normalized spacial score (nSPS) is 11.8. The molecule has 0 aliphatic carbocycles. The highest BCUT2D eigenvalue weighted by Crippen LogP contribution is 2.20. The van der Waals surface area contributed by atoms with E-state index in [2.05, 4.69) is 33.2 Å². The van der Waals surface area contributed by atoms with Gasteiger partial charge in [0.15, 0.2) is 0 Å². The highest BCUT2D eigenvalue weighted by molar-refractivity contribution is 14.1. The fraction of sp³-hybridized carbons (Fsp3) is 0.188. The molecule has 0 fully saturated rings. The van der Waals surface area contributed by atoms with Gasteiger partial charge < -0.3 is 10.6 Å². The Kier molecular flexibility index (Phi) is 5.47. The summed E-state index contributed by atoms with van der Waals surface area (Å²) in [5.74, 6) is -0.0982. The Labute approximate surface area is 143 Å². The molecule has 0 bridgehead atoms. The van der Waals surface area contributed by atoms with Crippen LogP contribution in [0.1, 0.15) is 12.5 Å². The maximum atomic E-state index is 12.2. The van der Waals surface area contributed by atoms with E-state index in [1.54, 1.807) is 12.1 Å². The maximum Gasteiger partial charge on any atom is 0.246 e. The quantitative estimate of drug-likeness (QED) is 0.713. The highest BCUT2D eigenvalue weighted by atomic mass is 127. The first-order valence-electron chi connectivity index (χ1n) is 6.55. The Morgan fingerprint density at radius 1 is 1.19 bits per heavy atom. The summed E-state index contributed by atoms with van der Waals surface area (Å²) >= 11 is 8.20. The largest absolute Gasteiger partial charge is 0.374 e. The SMILES string of the molecule is Cc1ccc(Cl)cc1NC(=O)C(C)Nc1ccc(I)cc1. The molecule has 0 aliphatic heterocycles. The lowest BCUT2D eigenvalue weighted by molar-refractivity contribution is -0.116. The van der Waals surface area contributed by atoms with Crippen LogP contribution in [0, 0.1) is 10.5 Å². The number of carbonyl (C=O) groups is 1. The second-order valence-electron chi connectivity index (χ2n) is 4.82.